The Balaban J connectivity index is 1.64. The maximum absolute atomic E-state index is 13.4. The zero-order chi connectivity index (χ0) is 20.4. The van der Waals surface area contributed by atoms with Crippen molar-refractivity contribution in [2.75, 3.05) is 29.4 Å². The van der Waals surface area contributed by atoms with Gasteiger partial charge < -0.3 is 14.9 Å². The van der Waals surface area contributed by atoms with E-state index in [9.17, 15) is 14.7 Å². The summed E-state index contributed by atoms with van der Waals surface area (Å²) in [5.41, 5.74) is 3.26. The standard InChI is InChI=1S/C23H25ClN2O3/c24-20-15-17(25-11-3-4-12-25)9-10-19(20)23(29)26-13-5-6-16(14-22(27)28)18-7-1-2-8-21(18)26/h1-2,7-10,15-16H,3-6,11-14H2,(H,27,28)/t16-/m0/s1. The maximum Gasteiger partial charge on any atom is 0.303 e. The lowest BCUT2D eigenvalue weighted by atomic mass is 9.91. The van der Waals surface area contributed by atoms with E-state index in [-0.39, 0.29) is 18.2 Å². The first-order valence-corrected chi connectivity index (χ1v) is 10.6. The fourth-order valence-electron chi connectivity index (χ4n) is 4.48. The first-order valence-electron chi connectivity index (χ1n) is 10.2. The number of benzene rings is 2. The topological polar surface area (TPSA) is 60.9 Å². The molecular formula is C23H25ClN2O3. The molecule has 0 radical (unpaired) electrons. The molecule has 1 amide bonds. The summed E-state index contributed by atoms with van der Waals surface area (Å²) in [6.45, 7) is 2.60. The summed E-state index contributed by atoms with van der Waals surface area (Å²) in [6.07, 6.45) is 3.93. The van der Waals surface area contributed by atoms with Crippen molar-refractivity contribution in [2.24, 2.45) is 0 Å². The van der Waals surface area contributed by atoms with Crippen molar-refractivity contribution in [3.05, 3.63) is 58.6 Å². The molecule has 2 aliphatic heterocycles. The van der Waals surface area contributed by atoms with Crippen LogP contribution in [0.1, 0.15) is 53.9 Å². The average molecular weight is 413 g/mol. The highest BCUT2D eigenvalue weighted by molar-refractivity contribution is 6.34. The number of nitrogens with zero attached hydrogens (tertiary/aromatic N) is 2. The SMILES string of the molecule is O=C(O)C[C@@H]1CCCN(C(=O)c2ccc(N3CCCC3)cc2Cl)c2ccccc21. The second-order valence-electron chi connectivity index (χ2n) is 7.81. The third-order valence-electron chi connectivity index (χ3n) is 5.92. The number of carboxylic acid groups (broad SMARTS) is 1. The van der Waals surface area contributed by atoms with Gasteiger partial charge in [-0.15, -0.1) is 0 Å². The van der Waals surface area contributed by atoms with Gasteiger partial charge in [0.25, 0.3) is 5.91 Å². The Labute approximate surface area is 175 Å². The van der Waals surface area contributed by atoms with Gasteiger partial charge >= 0.3 is 5.97 Å². The second kappa shape index (κ2) is 8.46. The van der Waals surface area contributed by atoms with Crippen molar-refractivity contribution in [3.63, 3.8) is 0 Å². The van der Waals surface area contributed by atoms with Gasteiger partial charge in [0.1, 0.15) is 0 Å². The van der Waals surface area contributed by atoms with Crippen molar-refractivity contribution in [3.8, 4) is 0 Å². The van der Waals surface area contributed by atoms with E-state index in [0.29, 0.717) is 17.1 Å². The number of aliphatic carboxylic acids is 1. The molecule has 6 heteroatoms. The van der Waals surface area contributed by atoms with Crippen LogP contribution in [0.15, 0.2) is 42.5 Å². The van der Waals surface area contributed by atoms with Gasteiger partial charge in [0.05, 0.1) is 17.0 Å². The summed E-state index contributed by atoms with van der Waals surface area (Å²) >= 11 is 6.54. The van der Waals surface area contributed by atoms with Gasteiger partial charge in [-0.1, -0.05) is 29.8 Å². The van der Waals surface area contributed by atoms with Crippen LogP contribution in [0.3, 0.4) is 0 Å². The first-order chi connectivity index (χ1) is 14.0. The molecule has 0 spiro atoms. The Hall–Kier alpha value is -2.53. The van der Waals surface area contributed by atoms with Gasteiger partial charge in [-0.25, -0.2) is 0 Å². The predicted octanol–water partition coefficient (Wildman–Crippen LogP) is 4.94. The van der Waals surface area contributed by atoms with Gasteiger partial charge in [-0.3, -0.25) is 9.59 Å². The van der Waals surface area contributed by atoms with Crippen LogP contribution in [-0.4, -0.2) is 36.6 Å². The maximum atomic E-state index is 13.4. The van der Waals surface area contributed by atoms with E-state index < -0.39 is 5.97 Å². The van der Waals surface area contributed by atoms with Gasteiger partial charge in [0.2, 0.25) is 0 Å². The Morgan fingerprint density at radius 3 is 2.52 bits per heavy atom. The quantitative estimate of drug-likeness (QED) is 0.772. The highest BCUT2D eigenvalue weighted by atomic mass is 35.5. The molecule has 1 saturated heterocycles. The van der Waals surface area contributed by atoms with E-state index in [1.54, 1.807) is 4.90 Å². The summed E-state index contributed by atoms with van der Waals surface area (Å²) in [5.74, 6) is -1.04. The third-order valence-corrected chi connectivity index (χ3v) is 6.23. The number of hydrogen-bond acceptors (Lipinski definition) is 3. The van der Waals surface area contributed by atoms with Crippen molar-refractivity contribution < 1.29 is 14.7 Å². The number of rotatable bonds is 4. The predicted molar refractivity (Wildman–Crippen MR) is 115 cm³/mol. The molecule has 4 rings (SSSR count). The lowest BCUT2D eigenvalue weighted by Gasteiger charge is -2.25. The van der Waals surface area contributed by atoms with Crippen LogP contribution in [0.5, 0.6) is 0 Å². The van der Waals surface area contributed by atoms with Gasteiger partial charge in [-0.05, 0) is 61.4 Å². The molecule has 0 aromatic heterocycles. The zero-order valence-electron chi connectivity index (χ0n) is 16.3. The molecule has 5 nitrogen and oxygen atoms in total. The van der Waals surface area contributed by atoms with E-state index in [1.807, 2.05) is 42.5 Å². The molecule has 2 aromatic carbocycles. The Morgan fingerprint density at radius 2 is 1.79 bits per heavy atom. The largest absolute Gasteiger partial charge is 0.481 e. The highest BCUT2D eigenvalue weighted by Gasteiger charge is 2.29. The van der Waals surface area contributed by atoms with Gasteiger partial charge in [-0.2, -0.15) is 0 Å². The number of carboxylic acids is 1. The van der Waals surface area contributed by atoms with Crippen LogP contribution in [0.25, 0.3) is 0 Å². The van der Waals surface area contributed by atoms with Crippen molar-refractivity contribution in [2.45, 2.75) is 38.0 Å². The first kappa shape index (κ1) is 19.8. The van der Waals surface area contributed by atoms with Crippen molar-refractivity contribution in [1.29, 1.82) is 0 Å². The summed E-state index contributed by atoms with van der Waals surface area (Å²) in [4.78, 5) is 28.8. The van der Waals surface area contributed by atoms with E-state index in [2.05, 4.69) is 4.90 Å². The van der Waals surface area contributed by atoms with Crippen LogP contribution in [0.2, 0.25) is 5.02 Å². The molecule has 0 saturated carbocycles. The number of hydrogen-bond donors (Lipinski definition) is 1. The molecule has 1 N–H and O–H groups in total. The number of anilines is 2. The number of fused-ring (bicyclic) bond motifs is 1. The number of carbonyl (C=O) groups excluding carboxylic acids is 1. The minimum atomic E-state index is -0.815. The van der Waals surface area contributed by atoms with E-state index in [1.165, 1.54) is 12.8 Å². The van der Waals surface area contributed by atoms with E-state index >= 15 is 0 Å². The van der Waals surface area contributed by atoms with Crippen LogP contribution < -0.4 is 9.80 Å². The Kier molecular flexibility index (Phi) is 5.76. The fourth-order valence-corrected chi connectivity index (χ4v) is 4.73. The fraction of sp³-hybridized carbons (Fsp3) is 0.391. The molecule has 0 bridgehead atoms. The smallest absolute Gasteiger partial charge is 0.303 e. The average Bonchev–Trinajstić information content (AvgIpc) is 3.18. The summed E-state index contributed by atoms with van der Waals surface area (Å²) < 4.78 is 0. The summed E-state index contributed by atoms with van der Waals surface area (Å²) in [5, 5.41) is 9.75. The van der Waals surface area contributed by atoms with Crippen LogP contribution in [0, 0.1) is 0 Å². The summed E-state index contributed by atoms with van der Waals surface area (Å²) in [6, 6.07) is 13.3. The monoisotopic (exact) mass is 412 g/mol. The number of para-hydroxylation sites is 1. The van der Waals surface area contributed by atoms with Crippen molar-refractivity contribution >= 4 is 34.9 Å². The van der Waals surface area contributed by atoms with Gasteiger partial charge in [0.15, 0.2) is 0 Å². The molecule has 2 heterocycles. The third kappa shape index (κ3) is 4.10. The van der Waals surface area contributed by atoms with E-state index in [0.717, 1.165) is 42.9 Å². The Morgan fingerprint density at radius 1 is 1.03 bits per heavy atom. The minimum absolute atomic E-state index is 0.0737. The molecular weight excluding hydrogens is 388 g/mol. The number of carbonyl (C=O) groups is 2. The Bertz CT molecular complexity index is 924. The molecule has 2 aromatic rings. The number of halogens is 1. The lowest BCUT2D eigenvalue weighted by molar-refractivity contribution is -0.137. The van der Waals surface area contributed by atoms with Crippen LogP contribution >= 0.6 is 11.6 Å². The minimum Gasteiger partial charge on any atom is -0.481 e. The van der Waals surface area contributed by atoms with Crippen LogP contribution in [-0.2, 0) is 4.79 Å². The zero-order valence-corrected chi connectivity index (χ0v) is 17.1. The highest BCUT2D eigenvalue weighted by Crippen LogP contribution is 2.37. The molecule has 0 aliphatic carbocycles. The molecule has 1 atom stereocenters. The number of amides is 1. The molecule has 1 fully saturated rings. The van der Waals surface area contributed by atoms with Crippen LogP contribution in [0.4, 0.5) is 11.4 Å². The van der Waals surface area contributed by atoms with Crippen molar-refractivity contribution in [1.82, 2.24) is 0 Å². The van der Waals surface area contributed by atoms with Gasteiger partial charge in [0, 0.05) is 31.0 Å². The molecule has 0 unspecified atom stereocenters. The lowest BCUT2D eigenvalue weighted by Crippen LogP contribution is -2.32. The second-order valence-corrected chi connectivity index (χ2v) is 8.22. The molecule has 152 valence electrons. The molecule has 2 aliphatic rings. The summed E-state index contributed by atoms with van der Waals surface area (Å²) in [7, 11) is 0. The van der Waals surface area contributed by atoms with E-state index in [4.69, 9.17) is 11.6 Å². The normalized spacial score (nSPS) is 19.0. The molecule has 29 heavy (non-hydrogen) atoms.